The summed E-state index contributed by atoms with van der Waals surface area (Å²) >= 11 is 0. The number of carbonyl (C=O) groups excluding carboxylic acids is 4. The smallest absolute Gasteiger partial charge is 0.335 e. The van der Waals surface area contributed by atoms with Crippen LogP contribution in [0.15, 0.2) is 24.3 Å². The molecular weight excluding hydrogens is 704 g/mol. The Bertz CT molecular complexity index is 1010. The number of ether oxygens (including phenoxy) is 4. The van der Waals surface area contributed by atoms with Crippen molar-refractivity contribution < 1.29 is 98.8 Å². The highest BCUT2D eigenvalue weighted by Gasteiger charge is 2.17. The number of carboxylic acids is 2. The van der Waals surface area contributed by atoms with E-state index in [0.717, 1.165) is 0 Å². The first-order valence-electron chi connectivity index (χ1n) is 16.1. The lowest BCUT2D eigenvalue weighted by Crippen LogP contribution is -2.21. The lowest BCUT2D eigenvalue weighted by molar-refractivity contribution is -0.176. The van der Waals surface area contributed by atoms with Crippen LogP contribution in [0.2, 0.25) is 0 Å². The molecule has 0 bridgehead atoms. The first-order valence-corrected chi connectivity index (χ1v) is 16.1. The Morgan fingerprint density at radius 1 is 0.423 bits per heavy atom. The summed E-state index contributed by atoms with van der Waals surface area (Å²) in [6.07, 6.45) is -4.66. The molecule has 1 aromatic rings. The quantitative estimate of drug-likeness (QED) is 0.0349. The van der Waals surface area contributed by atoms with Crippen molar-refractivity contribution in [1.82, 2.24) is 0 Å². The van der Waals surface area contributed by atoms with Crippen LogP contribution in [0.4, 0.5) is 0 Å². The number of carbonyl (C=O) groups is 6. The molecule has 0 radical (unpaired) electrons. The standard InChI is InChI=1S/2C12H22O8.C8H6O4/c2*13-7-1-3-9(15)19-11(17)5-6-12(18)20-10(16)4-2-8-14;9-7(10)5-1-2-6(4-3-5)8(11)12/h2*9-10,13-16H,1-8H2;1-4H,(H,9,10)(H,11,12). The molecule has 0 saturated heterocycles. The average molecular weight is 755 g/mol. The molecule has 10 N–H and O–H groups in total. The van der Waals surface area contributed by atoms with Gasteiger partial charge in [-0.05, 0) is 49.9 Å². The number of hydrogen-bond acceptors (Lipinski definition) is 18. The first-order chi connectivity index (χ1) is 24.6. The fraction of sp³-hybridized carbons (Fsp3) is 0.625. The molecule has 52 heavy (non-hydrogen) atoms. The molecule has 20 nitrogen and oxygen atoms in total. The normalized spacial score (nSPS) is 12.6. The molecule has 20 heteroatoms. The van der Waals surface area contributed by atoms with Crippen molar-refractivity contribution in [2.45, 2.75) is 102 Å². The summed E-state index contributed by atoms with van der Waals surface area (Å²) < 4.78 is 18.3. The molecule has 0 aliphatic heterocycles. The zero-order valence-electron chi connectivity index (χ0n) is 28.5. The van der Waals surface area contributed by atoms with E-state index in [0.29, 0.717) is 25.7 Å². The largest absolute Gasteiger partial charge is 0.478 e. The van der Waals surface area contributed by atoms with E-state index in [9.17, 15) is 49.2 Å². The minimum atomic E-state index is -1.30. The van der Waals surface area contributed by atoms with Crippen LogP contribution in [0.3, 0.4) is 0 Å². The van der Waals surface area contributed by atoms with Crippen LogP contribution in [-0.2, 0) is 38.1 Å². The van der Waals surface area contributed by atoms with E-state index >= 15 is 0 Å². The SMILES string of the molecule is O=C(CCC(=O)OC(O)CCCO)OC(O)CCCO.O=C(CCC(=O)OC(O)CCCO)OC(O)CCCO.O=C(O)c1ccc(C(=O)O)cc1. The highest BCUT2D eigenvalue weighted by atomic mass is 16.7. The maximum Gasteiger partial charge on any atom is 0.335 e. The Balaban J connectivity index is 0. The minimum absolute atomic E-state index is 0.0833. The number of rotatable bonds is 24. The summed E-state index contributed by atoms with van der Waals surface area (Å²) in [7, 11) is 0. The second kappa shape index (κ2) is 31.5. The van der Waals surface area contributed by atoms with Gasteiger partial charge in [0.15, 0.2) is 0 Å². The molecule has 0 aromatic heterocycles. The van der Waals surface area contributed by atoms with E-state index in [1.54, 1.807) is 0 Å². The van der Waals surface area contributed by atoms with Crippen LogP contribution >= 0.6 is 0 Å². The highest BCUT2D eigenvalue weighted by molar-refractivity contribution is 5.91. The highest BCUT2D eigenvalue weighted by Crippen LogP contribution is 2.07. The van der Waals surface area contributed by atoms with E-state index in [1.807, 2.05) is 0 Å². The topological polar surface area (TPSA) is 342 Å². The molecule has 0 saturated carbocycles. The monoisotopic (exact) mass is 754 g/mol. The Kier molecular flexibility index (Phi) is 30.1. The number of carboxylic acid groups (broad SMARTS) is 2. The van der Waals surface area contributed by atoms with Crippen molar-refractivity contribution in [3.63, 3.8) is 0 Å². The molecule has 0 aliphatic carbocycles. The van der Waals surface area contributed by atoms with Gasteiger partial charge in [-0.2, -0.15) is 0 Å². The maximum atomic E-state index is 11.2. The molecule has 298 valence electrons. The predicted molar refractivity (Wildman–Crippen MR) is 173 cm³/mol. The fourth-order valence-corrected chi connectivity index (χ4v) is 3.31. The van der Waals surface area contributed by atoms with Crippen LogP contribution in [0, 0.1) is 0 Å². The van der Waals surface area contributed by atoms with Gasteiger partial charge in [-0.25, -0.2) is 9.59 Å². The lowest BCUT2D eigenvalue weighted by atomic mass is 10.1. The van der Waals surface area contributed by atoms with Gasteiger partial charge in [0.25, 0.3) is 0 Å². The molecule has 0 fully saturated rings. The van der Waals surface area contributed by atoms with Gasteiger partial charge < -0.3 is 70.0 Å². The Morgan fingerprint density at radius 2 is 0.615 bits per heavy atom. The summed E-state index contributed by atoms with van der Waals surface area (Å²) in [4.78, 5) is 65.6. The van der Waals surface area contributed by atoms with Crippen molar-refractivity contribution in [1.29, 1.82) is 0 Å². The minimum Gasteiger partial charge on any atom is -0.478 e. The van der Waals surface area contributed by atoms with Gasteiger partial charge in [-0.15, -0.1) is 0 Å². The fourth-order valence-electron chi connectivity index (χ4n) is 3.31. The van der Waals surface area contributed by atoms with Crippen LogP contribution in [0.5, 0.6) is 0 Å². The van der Waals surface area contributed by atoms with E-state index in [2.05, 4.69) is 18.9 Å². The average Bonchev–Trinajstić information content (AvgIpc) is 3.10. The third kappa shape index (κ3) is 29.5. The molecule has 0 spiro atoms. The van der Waals surface area contributed by atoms with E-state index in [1.165, 1.54) is 24.3 Å². The first kappa shape index (κ1) is 49.8. The number of hydrogen-bond donors (Lipinski definition) is 10. The van der Waals surface area contributed by atoms with Crippen LogP contribution in [0.1, 0.15) is 97.8 Å². The summed E-state index contributed by atoms with van der Waals surface area (Å²) in [6.45, 7) is -0.474. The molecule has 4 unspecified atom stereocenters. The van der Waals surface area contributed by atoms with Crippen LogP contribution < -0.4 is 0 Å². The molecular formula is C32H50O20. The second-order valence-electron chi connectivity index (χ2n) is 10.4. The van der Waals surface area contributed by atoms with E-state index < -0.39 is 61.0 Å². The second-order valence-corrected chi connectivity index (χ2v) is 10.4. The zero-order chi connectivity index (χ0) is 39.9. The van der Waals surface area contributed by atoms with Crippen LogP contribution in [-0.4, -0.2) is 138 Å². The van der Waals surface area contributed by atoms with Crippen molar-refractivity contribution >= 4 is 35.8 Å². The molecule has 0 amide bonds. The summed E-state index contributed by atoms with van der Waals surface area (Å²) in [5.74, 6) is -5.19. The molecule has 1 aromatic carbocycles. The predicted octanol–water partition coefficient (Wildman–Crippen LogP) is -0.847. The number of esters is 4. The molecule has 1 rings (SSSR count). The Hall–Kier alpha value is -4.28. The van der Waals surface area contributed by atoms with Gasteiger partial charge in [-0.3, -0.25) is 19.2 Å². The summed E-state index contributed by atoms with van der Waals surface area (Å²) in [6, 6.07) is 5.02. The van der Waals surface area contributed by atoms with Crippen molar-refractivity contribution in [2.24, 2.45) is 0 Å². The van der Waals surface area contributed by atoms with Crippen LogP contribution in [0.25, 0.3) is 0 Å². The number of aliphatic hydroxyl groups is 8. The van der Waals surface area contributed by atoms with Crippen molar-refractivity contribution in [3.05, 3.63) is 35.4 Å². The third-order valence-electron chi connectivity index (χ3n) is 5.95. The Morgan fingerprint density at radius 3 is 0.769 bits per heavy atom. The number of aromatic carboxylic acids is 2. The van der Waals surface area contributed by atoms with Gasteiger partial charge in [0.2, 0.25) is 25.2 Å². The van der Waals surface area contributed by atoms with Gasteiger partial charge in [0.1, 0.15) is 0 Å². The summed E-state index contributed by atoms with van der Waals surface area (Å²) in [5.41, 5.74) is 0.167. The third-order valence-corrected chi connectivity index (χ3v) is 5.95. The van der Waals surface area contributed by atoms with Gasteiger partial charge in [0.05, 0.1) is 36.8 Å². The lowest BCUT2D eigenvalue weighted by Gasteiger charge is -2.12. The zero-order valence-corrected chi connectivity index (χ0v) is 28.5. The Labute approximate surface area is 298 Å². The van der Waals surface area contributed by atoms with Crippen molar-refractivity contribution in [2.75, 3.05) is 26.4 Å². The van der Waals surface area contributed by atoms with Crippen molar-refractivity contribution in [3.8, 4) is 0 Å². The maximum absolute atomic E-state index is 11.2. The molecule has 0 heterocycles. The van der Waals surface area contributed by atoms with Gasteiger partial charge >= 0.3 is 35.8 Å². The van der Waals surface area contributed by atoms with Gasteiger partial charge in [-0.1, -0.05) is 0 Å². The van der Waals surface area contributed by atoms with E-state index in [4.69, 9.17) is 30.6 Å². The van der Waals surface area contributed by atoms with E-state index in [-0.39, 0.29) is 88.9 Å². The summed E-state index contributed by atoms with van der Waals surface area (Å²) in [5, 5.41) is 87.9. The molecule has 0 aliphatic rings. The molecule has 4 atom stereocenters. The number of benzene rings is 1. The van der Waals surface area contributed by atoms with Gasteiger partial charge in [0, 0.05) is 52.1 Å². The number of aliphatic hydroxyl groups excluding tert-OH is 8.